The van der Waals surface area contributed by atoms with Crippen LogP contribution >= 0.6 is 0 Å². The van der Waals surface area contributed by atoms with E-state index in [9.17, 15) is 13.2 Å². The van der Waals surface area contributed by atoms with Gasteiger partial charge in [0.15, 0.2) is 0 Å². The number of sulfonamides is 1. The van der Waals surface area contributed by atoms with Gasteiger partial charge in [0.25, 0.3) is 0 Å². The molecule has 170 valence electrons. The first-order valence-electron chi connectivity index (χ1n) is 11.8. The Labute approximate surface area is 186 Å². The Balaban J connectivity index is 1.53. The van der Waals surface area contributed by atoms with Crippen molar-refractivity contribution in [2.75, 3.05) is 26.2 Å². The summed E-state index contributed by atoms with van der Waals surface area (Å²) in [4.78, 5) is 18.2. The number of piperidine rings is 2. The average Bonchev–Trinajstić information content (AvgIpc) is 3.20. The number of carbonyl (C=O) groups excluding carboxylic acids is 1. The second-order valence-electron chi connectivity index (χ2n) is 9.27. The van der Waals surface area contributed by atoms with E-state index in [1.807, 2.05) is 17.0 Å². The van der Waals surface area contributed by atoms with E-state index in [0.29, 0.717) is 36.2 Å². The number of nitrogens with one attached hydrogen (secondary N) is 1. The fourth-order valence-electron chi connectivity index (χ4n) is 5.05. The Kier molecular flexibility index (Phi) is 6.72. The smallest absolute Gasteiger partial charge is 0.243 e. The first kappa shape index (κ1) is 22.3. The van der Waals surface area contributed by atoms with Gasteiger partial charge in [0, 0.05) is 42.8 Å². The Bertz CT molecular complexity index is 1010. The number of nitrogens with zero attached hydrogens (tertiary/aromatic N) is 2. The highest BCUT2D eigenvalue weighted by Crippen LogP contribution is 2.31. The zero-order valence-corrected chi connectivity index (χ0v) is 19.6. The van der Waals surface area contributed by atoms with Gasteiger partial charge in [-0.3, -0.25) is 4.79 Å². The van der Waals surface area contributed by atoms with Crippen molar-refractivity contribution in [1.82, 2.24) is 14.2 Å². The van der Waals surface area contributed by atoms with Crippen molar-refractivity contribution < 1.29 is 13.2 Å². The Morgan fingerprint density at radius 1 is 1.03 bits per heavy atom. The third-order valence-corrected chi connectivity index (χ3v) is 8.91. The first-order valence-corrected chi connectivity index (χ1v) is 13.2. The number of benzene rings is 1. The lowest BCUT2D eigenvalue weighted by molar-refractivity contribution is -0.131. The Hall–Kier alpha value is -1.86. The molecule has 2 aliphatic heterocycles. The number of hydrogen-bond donors (Lipinski definition) is 1. The largest absolute Gasteiger partial charge is 0.358 e. The van der Waals surface area contributed by atoms with Gasteiger partial charge in [0.2, 0.25) is 15.9 Å². The van der Waals surface area contributed by atoms with Crippen LogP contribution in [0, 0.1) is 11.8 Å². The summed E-state index contributed by atoms with van der Waals surface area (Å²) < 4.78 is 28.5. The molecule has 0 spiro atoms. The first-order chi connectivity index (χ1) is 14.9. The van der Waals surface area contributed by atoms with Gasteiger partial charge < -0.3 is 9.88 Å². The Morgan fingerprint density at radius 3 is 2.35 bits per heavy atom. The van der Waals surface area contributed by atoms with Crippen molar-refractivity contribution in [3.8, 4) is 0 Å². The van der Waals surface area contributed by atoms with Crippen LogP contribution in [0.25, 0.3) is 10.9 Å². The molecule has 2 atom stereocenters. The van der Waals surface area contributed by atoms with Crippen molar-refractivity contribution in [1.29, 1.82) is 0 Å². The summed E-state index contributed by atoms with van der Waals surface area (Å²) in [7, 11) is -3.53. The number of H-pyrrole nitrogens is 1. The summed E-state index contributed by atoms with van der Waals surface area (Å²) in [5, 5.41) is 0.846. The van der Waals surface area contributed by atoms with E-state index in [4.69, 9.17) is 0 Å². The molecule has 1 amide bonds. The van der Waals surface area contributed by atoms with Gasteiger partial charge in [-0.15, -0.1) is 0 Å². The van der Waals surface area contributed by atoms with Crippen LogP contribution in [0.4, 0.5) is 0 Å². The summed E-state index contributed by atoms with van der Waals surface area (Å²) in [6, 6.07) is 7.21. The fourth-order valence-corrected chi connectivity index (χ4v) is 6.68. The molecular formula is C24H35N3O3S. The number of aromatic amines is 1. The molecule has 1 aromatic carbocycles. The quantitative estimate of drug-likeness (QED) is 0.725. The number of amides is 1. The molecule has 31 heavy (non-hydrogen) atoms. The normalized spacial score (nSPS) is 23.4. The molecular weight excluding hydrogens is 410 g/mol. The van der Waals surface area contributed by atoms with E-state index in [1.165, 1.54) is 6.42 Å². The fraction of sp³-hybridized carbons (Fsp3) is 0.625. The highest BCUT2D eigenvalue weighted by Gasteiger charge is 2.33. The lowest BCUT2D eigenvalue weighted by atomic mass is 9.87. The molecule has 2 saturated heterocycles. The van der Waals surface area contributed by atoms with Crippen LogP contribution < -0.4 is 0 Å². The molecule has 2 unspecified atom stereocenters. The van der Waals surface area contributed by atoms with Crippen LogP contribution in [0.1, 0.15) is 58.1 Å². The number of carbonyl (C=O) groups is 1. The standard InChI is InChI=1S/C24H35N3O3S/c1-3-18-12-19(4-2)17-27(16-18)31(29,30)22-8-9-23-20(14-22)13-21(25-23)15-24(28)26-10-6-5-7-11-26/h8-9,13-14,18-19,25H,3-7,10-12,15-17H2,1-2H3. The van der Waals surface area contributed by atoms with Gasteiger partial charge in [-0.25, -0.2) is 8.42 Å². The van der Waals surface area contributed by atoms with Crippen molar-refractivity contribution in [3.63, 3.8) is 0 Å². The van der Waals surface area contributed by atoms with Crippen LogP contribution in [0.5, 0.6) is 0 Å². The minimum atomic E-state index is -3.53. The van der Waals surface area contributed by atoms with Gasteiger partial charge in [-0.2, -0.15) is 4.31 Å². The number of rotatable bonds is 6. The van der Waals surface area contributed by atoms with Crippen molar-refractivity contribution in [2.45, 2.75) is 63.7 Å². The predicted molar refractivity (Wildman–Crippen MR) is 123 cm³/mol. The molecule has 6 nitrogen and oxygen atoms in total. The van der Waals surface area contributed by atoms with Crippen LogP contribution in [-0.4, -0.2) is 54.7 Å². The average molecular weight is 446 g/mol. The lowest BCUT2D eigenvalue weighted by Gasteiger charge is -2.36. The minimum absolute atomic E-state index is 0.142. The van der Waals surface area contributed by atoms with Crippen LogP contribution in [0.2, 0.25) is 0 Å². The number of fused-ring (bicyclic) bond motifs is 1. The summed E-state index contributed by atoms with van der Waals surface area (Å²) in [6.07, 6.45) is 6.81. The van der Waals surface area contributed by atoms with E-state index in [1.54, 1.807) is 16.4 Å². The molecule has 2 aliphatic rings. The zero-order chi connectivity index (χ0) is 22.0. The second kappa shape index (κ2) is 9.33. The van der Waals surface area contributed by atoms with Crippen LogP contribution in [-0.2, 0) is 21.2 Å². The second-order valence-corrected chi connectivity index (χ2v) is 11.2. The third-order valence-electron chi connectivity index (χ3n) is 7.08. The maximum atomic E-state index is 13.4. The van der Waals surface area contributed by atoms with E-state index >= 15 is 0 Å². The molecule has 1 N–H and O–H groups in total. The van der Waals surface area contributed by atoms with E-state index in [0.717, 1.165) is 61.8 Å². The summed E-state index contributed by atoms with van der Waals surface area (Å²) >= 11 is 0. The van der Waals surface area contributed by atoms with Crippen LogP contribution in [0.3, 0.4) is 0 Å². The SMILES string of the molecule is CCC1CC(CC)CN(S(=O)(=O)c2ccc3[nH]c(CC(=O)N4CCCCC4)cc3c2)C1. The number of aromatic nitrogens is 1. The van der Waals surface area contributed by atoms with Crippen LogP contribution in [0.15, 0.2) is 29.2 Å². The molecule has 3 heterocycles. The molecule has 0 radical (unpaired) electrons. The summed E-state index contributed by atoms with van der Waals surface area (Å²) in [5.74, 6) is 0.998. The molecule has 2 aromatic rings. The van der Waals surface area contributed by atoms with Gasteiger partial charge in [-0.05, 0) is 61.8 Å². The van der Waals surface area contributed by atoms with Crippen molar-refractivity contribution in [2.24, 2.45) is 11.8 Å². The highest BCUT2D eigenvalue weighted by atomic mass is 32.2. The van der Waals surface area contributed by atoms with Gasteiger partial charge in [0.05, 0.1) is 11.3 Å². The van der Waals surface area contributed by atoms with Gasteiger partial charge >= 0.3 is 0 Å². The topological polar surface area (TPSA) is 73.5 Å². The van der Waals surface area contributed by atoms with Crippen molar-refractivity contribution >= 4 is 26.8 Å². The Morgan fingerprint density at radius 2 is 1.71 bits per heavy atom. The molecule has 0 saturated carbocycles. The maximum Gasteiger partial charge on any atom is 0.243 e. The van der Waals surface area contributed by atoms with Gasteiger partial charge in [0.1, 0.15) is 0 Å². The molecule has 0 bridgehead atoms. The van der Waals surface area contributed by atoms with E-state index in [2.05, 4.69) is 18.8 Å². The monoisotopic (exact) mass is 445 g/mol. The number of likely N-dealkylation sites (tertiary alicyclic amines) is 1. The summed E-state index contributed by atoms with van der Waals surface area (Å²) in [6.45, 7) is 7.19. The molecule has 1 aromatic heterocycles. The van der Waals surface area contributed by atoms with Gasteiger partial charge in [-0.1, -0.05) is 26.7 Å². The van der Waals surface area contributed by atoms with E-state index < -0.39 is 10.0 Å². The van der Waals surface area contributed by atoms with E-state index in [-0.39, 0.29) is 5.91 Å². The third kappa shape index (κ3) is 4.82. The molecule has 7 heteroatoms. The number of hydrogen-bond acceptors (Lipinski definition) is 3. The highest BCUT2D eigenvalue weighted by molar-refractivity contribution is 7.89. The lowest BCUT2D eigenvalue weighted by Crippen LogP contribution is -2.43. The zero-order valence-electron chi connectivity index (χ0n) is 18.8. The molecule has 0 aliphatic carbocycles. The van der Waals surface area contributed by atoms with Crippen molar-refractivity contribution in [3.05, 3.63) is 30.0 Å². The molecule has 2 fully saturated rings. The predicted octanol–water partition coefficient (Wildman–Crippen LogP) is 4.17. The maximum absolute atomic E-state index is 13.4. The summed E-state index contributed by atoms with van der Waals surface area (Å²) in [5.41, 5.74) is 1.71. The molecule has 4 rings (SSSR count). The minimum Gasteiger partial charge on any atom is -0.358 e.